The quantitative estimate of drug-likeness (QED) is 0.748. The highest BCUT2D eigenvalue weighted by Crippen LogP contribution is 2.21. The van der Waals surface area contributed by atoms with Gasteiger partial charge in [0.1, 0.15) is 0 Å². The Hall–Kier alpha value is -2.14. The molecule has 1 unspecified atom stereocenters. The zero-order chi connectivity index (χ0) is 17.7. The van der Waals surface area contributed by atoms with Crippen molar-refractivity contribution < 1.29 is 17.9 Å². The second-order valence-electron chi connectivity index (χ2n) is 5.86. The molecule has 1 atom stereocenters. The van der Waals surface area contributed by atoms with Gasteiger partial charge in [-0.25, -0.2) is 13.2 Å². The van der Waals surface area contributed by atoms with Crippen LogP contribution < -0.4 is 0 Å². The van der Waals surface area contributed by atoms with Gasteiger partial charge in [0.25, 0.3) is 0 Å². The number of benzene rings is 2. The third-order valence-electron chi connectivity index (χ3n) is 4.04. The van der Waals surface area contributed by atoms with Crippen LogP contribution in [0.2, 0.25) is 0 Å². The molecule has 0 N–H and O–H groups in total. The predicted molar refractivity (Wildman–Crippen MR) is 94.0 cm³/mol. The maximum Gasteiger partial charge on any atom is 0.338 e. The first-order chi connectivity index (χ1) is 11.3. The van der Waals surface area contributed by atoms with Crippen LogP contribution in [0.3, 0.4) is 0 Å². The molecule has 2 aromatic carbocycles. The van der Waals surface area contributed by atoms with Gasteiger partial charge < -0.3 is 4.74 Å². The summed E-state index contributed by atoms with van der Waals surface area (Å²) in [6.07, 6.45) is 1.97. The smallest absolute Gasteiger partial charge is 0.338 e. The normalized spacial score (nSPS) is 12.6. The van der Waals surface area contributed by atoms with Crippen LogP contribution in [0.1, 0.15) is 40.7 Å². The van der Waals surface area contributed by atoms with Crippen LogP contribution >= 0.6 is 0 Å². The molecular weight excluding hydrogens is 324 g/mol. The molecule has 4 nitrogen and oxygen atoms in total. The highest BCUT2D eigenvalue weighted by Gasteiger charge is 2.17. The summed E-state index contributed by atoms with van der Waals surface area (Å²) in [4.78, 5) is 12.5. The summed E-state index contributed by atoms with van der Waals surface area (Å²) in [5.74, 6) is -0.374. The summed E-state index contributed by atoms with van der Waals surface area (Å²) in [6, 6.07) is 14.4. The minimum atomic E-state index is -3.36. The molecule has 0 bridgehead atoms. The molecule has 0 aliphatic carbocycles. The van der Waals surface area contributed by atoms with Gasteiger partial charge in [-0.1, -0.05) is 43.3 Å². The van der Waals surface area contributed by atoms with Crippen molar-refractivity contribution in [3.63, 3.8) is 0 Å². The molecule has 0 spiro atoms. The molecule has 0 aliphatic heterocycles. The largest absolute Gasteiger partial charge is 0.461 e. The van der Waals surface area contributed by atoms with E-state index < -0.39 is 15.8 Å². The summed E-state index contributed by atoms with van der Waals surface area (Å²) < 4.78 is 28.8. The van der Waals surface area contributed by atoms with Gasteiger partial charge in [0.15, 0.2) is 9.84 Å². The molecule has 0 aromatic heterocycles. The monoisotopic (exact) mass is 346 g/mol. The zero-order valence-corrected chi connectivity index (χ0v) is 15.0. The van der Waals surface area contributed by atoms with E-state index in [9.17, 15) is 13.2 Å². The molecule has 0 fully saturated rings. The molecule has 0 aliphatic rings. The van der Waals surface area contributed by atoms with Gasteiger partial charge in [0, 0.05) is 12.2 Å². The zero-order valence-electron chi connectivity index (χ0n) is 14.2. The molecule has 0 saturated heterocycles. The lowest BCUT2D eigenvalue weighted by molar-refractivity contribution is 0.0476. The van der Waals surface area contributed by atoms with E-state index in [1.807, 2.05) is 37.3 Å². The molecule has 24 heavy (non-hydrogen) atoms. The van der Waals surface area contributed by atoms with Crippen molar-refractivity contribution in [2.24, 2.45) is 0 Å². The third-order valence-corrected chi connectivity index (χ3v) is 5.15. The van der Waals surface area contributed by atoms with E-state index in [1.54, 1.807) is 13.0 Å². The first kappa shape index (κ1) is 18.2. The lowest BCUT2D eigenvalue weighted by Gasteiger charge is -2.16. The van der Waals surface area contributed by atoms with Gasteiger partial charge in [-0.3, -0.25) is 0 Å². The lowest BCUT2D eigenvalue weighted by atomic mass is 9.97. The molecule has 0 amide bonds. The third kappa shape index (κ3) is 4.45. The average molecular weight is 346 g/mol. The van der Waals surface area contributed by atoms with Crippen molar-refractivity contribution >= 4 is 15.8 Å². The number of carbonyl (C=O) groups excluding carboxylic acids is 1. The minimum Gasteiger partial charge on any atom is -0.461 e. The van der Waals surface area contributed by atoms with Crippen molar-refractivity contribution in [1.29, 1.82) is 0 Å². The van der Waals surface area contributed by atoms with E-state index in [0.29, 0.717) is 11.1 Å². The highest BCUT2D eigenvalue weighted by molar-refractivity contribution is 7.90. The molecular formula is C19H22O4S. The summed E-state index contributed by atoms with van der Waals surface area (Å²) >= 11 is 0. The lowest BCUT2D eigenvalue weighted by Crippen LogP contribution is -2.14. The Balaban J connectivity index is 2.15. The van der Waals surface area contributed by atoms with Crippen molar-refractivity contribution in [1.82, 2.24) is 0 Å². The number of hydrogen-bond donors (Lipinski definition) is 0. The second-order valence-corrected chi connectivity index (χ2v) is 7.88. The Labute approximate surface area is 143 Å². The van der Waals surface area contributed by atoms with Gasteiger partial charge in [0.05, 0.1) is 17.1 Å². The maximum atomic E-state index is 12.4. The number of sulfone groups is 1. The number of rotatable bonds is 6. The van der Waals surface area contributed by atoms with Crippen LogP contribution in [0.15, 0.2) is 53.4 Å². The molecule has 0 heterocycles. The van der Waals surface area contributed by atoms with Crippen molar-refractivity contribution in [2.45, 2.75) is 31.1 Å². The van der Waals surface area contributed by atoms with Crippen LogP contribution in [-0.2, 0) is 14.6 Å². The van der Waals surface area contributed by atoms with Crippen LogP contribution in [0.5, 0.6) is 0 Å². The Morgan fingerprint density at radius 3 is 2.38 bits per heavy atom. The van der Waals surface area contributed by atoms with Crippen LogP contribution in [-0.4, -0.2) is 27.2 Å². The number of ether oxygens (including phenoxy) is 1. The fourth-order valence-corrected chi connectivity index (χ4v) is 3.13. The van der Waals surface area contributed by atoms with E-state index in [0.717, 1.165) is 18.2 Å². The van der Waals surface area contributed by atoms with E-state index in [-0.39, 0.29) is 17.4 Å². The van der Waals surface area contributed by atoms with Crippen molar-refractivity contribution in [2.75, 3.05) is 12.9 Å². The summed E-state index contributed by atoms with van der Waals surface area (Å²) in [7, 11) is -3.36. The van der Waals surface area contributed by atoms with Crippen LogP contribution in [0.25, 0.3) is 0 Å². The van der Waals surface area contributed by atoms with Crippen molar-refractivity contribution in [3.05, 3.63) is 65.2 Å². The molecule has 5 heteroatoms. The van der Waals surface area contributed by atoms with Crippen LogP contribution in [0.4, 0.5) is 0 Å². The molecule has 2 rings (SSSR count). The molecule has 0 saturated carbocycles. The van der Waals surface area contributed by atoms with Gasteiger partial charge in [-0.2, -0.15) is 0 Å². The number of hydrogen-bond acceptors (Lipinski definition) is 4. The standard InChI is InChI=1S/C19H22O4S/c1-4-15(16-8-6-5-7-9-16)13-23-19(20)18-12-17(24(3,21)22)11-10-14(18)2/h5-12,15H,4,13H2,1-3H3. The topological polar surface area (TPSA) is 60.4 Å². The molecule has 0 radical (unpaired) electrons. The van der Waals surface area contributed by atoms with Gasteiger partial charge in [-0.15, -0.1) is 0 Å². The molecule has 128 valence electrons. The fraction of sp³-hybridized carbons (Fsp3) is 0.316. The SMILES string of the molecule is CCC(COC(=O)c1cc(S(C)(=O)=O)ccc1C)c1ccccc1. The Kier molecular flexibility index (Phi) is 5.78. The van der Waals surface area contributed by atoms with Gasteiger partial charge in [0.2, 0.25) is 0 Å². The fourth-order valence-electron chi connectivity index (χ4n) is 2.48. The van der Waals surface area contributed by atoms with Crippen molar-refractivity contribution in [3.8, 4) is 0 Å². The Bertz CT molecular complexity index is 811. The average Bonchev–Trinajstić information content (AvgIpc) is 2.55. The van der Waals surface area contributed by atoms with Gasteiger partial charge >= 0.3 is 5.97 Å². The number of esters is 1. The Morgan fingerprint density at radius 2 is 1.79 bits per heavy atom. The predicted octanol–water partition coefficient (Wildman–Crippen LogP) is 3.75. The summed E-state index contributed by atoms with van der Waals surface area (Å²) in [5.41, 5.74) is 2.11. The Morgan fingerprint density at radius 1 is 1.12 bits per heavy atom. The van der Waals surface area contributed by atoms with Crippen LogP contribution in [0, 0.1) is 6.92 Å². The minimum absolute atomic E-state index is 0.119. The first-order valence-corrected chi connectivity index (χ1v) is 9.75. The summed E-state index contributed by atoms with van der Waals surface area (Å²) in [6.45, 7) is 4.07. The van der Waals surface area contributed by atoms with E-state index in [4.69, 9.17) is 4.74 Å². The van der Waals surface area contributed by atoms with E-state index in [2.05, 4.69) is 0 Å². The first-order valence-electron chi connectivity index (χ1n) is 7.85. The highest BCUT2D eigenvalue weighted by atomic mass is 32.2. The molecule has 2 aromatic rings. The van der Waals surface area contributed by atoms with E-state index >= 15 is 0 Å². The maximum absolute atomic E-state index is 12.4. The number of carbonyl (C=O) groups is 1. The second kappa shape index (κ2) is 7.62. The van der Waals surface area contributed by atoms with Gasteiger partial charge in [-0.05, 0) is 36.6 Å². The number of aryl methyl sites for hydroxylation is 1. The summed E-state index contributed by atoms with van der Waals surface area (Å²) in [5, 5.41) is 0. The van der Waals surface area contributed by atoms with E-state index in [1.165, 1.54) is 12.1 Å².